The van der Waals surface area contributed by atoms with Gasteiger partial charge in [0.1, 0.15) is 0 Å². The summed E-state index contributed by atoms with van der Waals surface area (Å²) in [4.78, 5) is 0. The molecular formula is C15H31N. The first kappa shape index (κ1) is 14.0. The Labute approximate surface area is 102 Å². The number of unbranched alkanes of at least 4 members (excludes halogenated alkanes) is 3. The van der Waals surface area contributed by atoms with Crippen molar-refractivity contribution >= 4 is 0 Å². The number of rotatable bonds is 7. The van der Waals surface area contributed by atoms with Crippen molar-refractivity contribution in [2.75, 3.05) is 7.05 Å². The minimum atomic E-state index is 0.796. The standard InChI is InChI=1S/C15H31N/c1-4-5-6-7-8-15(16-3)14-11-9-13(2)10-12-14/h13-16H,4-12H2,1-3H3. The van der Waals surface area contributed by atoms with Gasteiger partial charge in [0.05, 0.1) is 0 Å². The summed E-state index contributed by atoms with van der Waals surface area (Å²) < 4.78 is 0. The van der Waals surface area contributed by atoms with E-state index in [0.29, 0.717) is 0 Å². The van der Waals surface area contributed by atoms with Crippen molar-refractivity contribution in [2.45, 2.75) is 77.7 Å². The maximum Gasteiger partial charge on any atom is 0.00923 e. The molecule has 96 valence electrons. The van der Waals surface area contributed by atoms with Crippen LogP contribution in [0.2, 0.25) is 0 Å². The van der Waals surface area contributed by atoms with Crippen LogP contribution in [0, 0.1) is 11.8 Å². The van der Waals surface area contributed by atoms with Gasteiger partial charge in [-0.1, -0.05) is 52.4 Å². The third-order valence-corrected chi connectivity index (χ3v) is 4.37. The van der Waals surface area contributed by atoms with E-state index in [-0.39, 0.29) is 0 Å². The SMILES string of the molecule is CCCCCCC(NC)C1CCC(C)CC1. The van der Waals surface area contributed by atoms with Crippen molar-refractivity contribution in [3.05, 3.63) is 0 Å². The molecule has 1 nitrogen and oxygen atoms in total. The van der Waals surface area contributed by atoms with Gasteiger partial charge in [0, 0.05) is 6.04 Å². The van der Waals surface area contributed by atoms with Gasteiger partial charge in [0.15, 0.2) is 0 Å². The van der Waals surface area contributed by atoms with E-state index in [1.165, 1.54) is 57.8 Å². The highest BCUT2D eigenvalue weighted by atomic mass is 14.9. The molecule has 0 bridgehead atoms. The Hall–Kier alpha value is -0.0400. The fraction of sp³-hybridized carbons (Fsp3) is 1.00. The Bertz CT molecular complexity index is 159. The van der Waals surface area contributed by atoms with Crippen molar-refractivity contribution in [3.63, 3.8) is 0 Å². The Morgan fingerprint density at radius 3 is 2.31 bits per heavy atom. The second-order valence-electron chi connectivity index (χ2n) is 5.76. The quantitative estimate of drug-likeness (QED) is 0.634. The fourth-order valence-electron chi connectivity index (χ4n) is 3.10. The first-order valence-corrected chi connectivity index (χ1v) is 7.45. The van der Waals surface area contributed by atoms with Crippen LogP contribution in [0.1, 0.15) is 71.6 Å². The van der Waals surface area contributed by atoms with Crippen LogP contribution in [-0.2, 0) is 0 Å². The minimum absolute atomic E-state index is 0.796. The molecule has 0 spiro atoms. The summed E-state index contributed by atoms with van der Waals surface area (Å²) in [6.45, 7) is 4.70. The Kier molecular flexibility index (Phi) is 7.11. The lowest BCUT2D eigenvalue weighted by atomic mass is 9.78. The van der Waals surface area contributed by atoms with Gasteiger partial charge < -0.3 is 5.32 Å². The van der Waals surface area contributed by atoms with Gasteiger partial charge in [-0.2, -0.15) is 0 Å². The molecule has 0 aromatic rings. The zero-order valence-electron chi connectivity index (χ0n) is 11.6. The van der Waals surface area contributed by atoms with Crippen LogP contribution in [-0.4, -0.2) is 13.1 Å². The van der Waals surface area contributed by atoms with Crippen molar-refractivity contribution in [3.8, 4) is 0 Å². The van der Waals surface area contributed by atoms with E-state index in [2.05, 4.69) is 26.2 Å². The summed E-state index contributed by atoms with van der Waals surface area (Å²) in [5.41, 5.74) is 0. The van der Waals surface area contributed by atoms with Gasteiger partial charge in [0.2, 0.25) is 0 Å². The molecule has 1 fully saturated rings. The third kappa shape index (κ3) is 4.86. The zero-order valence-corrected chi connectivity index (χ0v) is 11.6. The van der Waals surface area contributed by atoms with Gasteiger partial charge in [-0.05, 0) is 38.1 Å². The molecule has 1 N–H and O–H groups in total. The molecule has 1 unspecified atom stereocenters. The number of hydrogen-bond acceptors (Lipinski definition) is 1. The average Bonchev–Trinajstić information content (AvgIpc) is 2.31. The molecule has 1 rings (SSSR count). The first-order valence-electron chi connectivity index (χ1n) is 7.45. The van der Waals surface area contributed by atoms with Crippen LogP contribution in [0.4, 0.5) is 0 Å². The van der Waals surface area contributed by atoms with E-state index in [1.54, 1.807) is 0 Å². The molecular weight excluding hydrogens is 194 g/mol. The summed E-state index contributed by atoms with van der Waals surface area (Å²) in [7, 11) is 2.16. The molecule has 0 aromatic heterocycles. The highest BCUT2D eigenvalue weighted by Gasteiger charge is 2.24. The lowest BCUT2D eigenvalue weighted by molar-refractivity contribution is 0.226. The lowest BCUT2D eigenvalue weighted by Gasteiger charge is -2.32. The smallest absolute Gasteiger partial charge is 0.00923 e. The molecule has 0 amide bonds. The second-order valence-corrected chi connectivity index (χ2v) is 5.76. The van der Waals surface area contributed by atoms with Crippen LogP contribution in [0.15, 0.2) is 0 Å². The van der Waals surface area contributed by atoms with E-state index in [9.17, 15) is 0 Å². The Morgan fingerprint density at radius 1 is 1.06 bits per heavy atom. The van der Waals surface area contributed by atoms with E-state index in [1.807, 2.05) is 0 Å². The molecule has 0 aromatic carbocycles. The van der Waals surface area contributed by atoms with E-state index < -0.39 is 0 Å². The Balaban J connectivity index is 2.19. The van der Waals surface area contributed by atoms with Crippen molar-refractivity contribution in [1.29, 1.82) is 0 Å². The van der Waals surface area contributed by atoms with Crippen LogP contribution in [0.25, 0.3) is 0 Å². The minimum Gasteiger partial charge on any atom is -0.317 e. The molecule has 1 saturated carbocycles. The highest BCUT2D eigenvalue weighted by molar-refractivity contribution is 4.80. The van der Waals surface area contributed by atoms with Crippen LogP contribution >= 0.6 is 0 Å². The topological polar surface area (TPSA) is 12.0 Å². The number of nitrogens with one attached hydrogen (secondary N) is 1. The fourth-order valence-corrected chi connectivity index (χ4v) is 3.10. The van der Waals surface area contributed by atoms with Gasteiger partial charge in [-0.3, -0.25) is 0 Å². The van der Waals surface area contributed by atoms with E-state index in [0.717, 1.165) is 17.9 Å². The molecule has 0 heterocycles. The Morgan fingerprint density at radius 2 is 1.75 bits per heavy atom. The molecule has 1 atom stereocenters. The van der Waals surface area contributed by atoms with Crippen molar-refractivity contribution in [1.82, 2.24) is 5.32 Å². The van der Waals surface area contributed by atoms with Gasteiger partial charge in [-0.15, -0.1) is 0 Å². The predicted molar refractivity (Wildman–Crippen MR) is 72.7 cm³/mol. The van der Waals surface area contributed by atoms with Crippen LogP contribution < -0.4 is 5.32 Å². The van der Waals surface area contributed by atoms with Gasteiger partial charge >= 0.3 is 0 Å². The third-order valence-electron chi connectivity index (χ3n) is 4.37. The highest BCUT2D eigenvalue weighted by Crippen LogP contribution is 2.31. The van der Waals surface area contributed by atoms with Crippen molar-refractivity contribution in [2.24, 2.45) is 11.8 Å². The summed E-state index contributed by atoms with van der Waals surface area (Å²) >= 11 is 0. The summed E-state index contributed by atoms with van der Waals surface area (Å²) in [6.07, 6.45) is 12.8. The van der Waals surface area contributed by atoms with Gasteiger partial charge in [-0.25, -0.2) is 0 Å². The van der Waals surface area contributed by atoms with Crippen LogP contribution in [0.5, 0.6) is 0 Å². The largest absolute Gasteiger partial charge is 0.317 e. The summed E-state index contributed by atoms with van der Waals surface area (Å²) in [6, 6.07) is 0.796. The average molecular weight is 225 g/mol. The maximum atomic E-state index is 3.56. The van der Waals surface area contributed by atoms with Crippen molar-refractivity contribution < 1.29 is 0 Å². The predicted octanol–water partition coefficient (Wildman–Crippen LogP) is 4.37. The van der Waals surface area contributed by atoms with E-state index in [4.69, 9.17) is 0 Å². The molecule has 16 heavy (non-hydrogen) atoms. The monoisotopic (exact) mass is 225 g/mol. The number of hydrogen-bond donors (Lipinski definition) is 1. The zero-order chi connectivity index (χ0) is 11.8. The van der Waals surface area contributed by atoms with Gasteiger partial charge in [0.25, 0.3) is 0 Å². The molecule has 1 aliphatic carbocycles. The van der Waals surface area contributed by atoms with E-state index >= 15 is 0 Å². The second kappa shape index (κ2) is 8.11. The first-order chi connectivity index (χ1) is 7.77. The summed E-state index contributed by atoms with van der Waals surface area (Å²) in [5, 5.41) is 3.56. The van der Waals surface area contributed by atoms with Crippen LogP contribution in [0.3, 0.4) is 0 Å². The summed E-state index contributed by atoms with van der Waals surface area (Å²) in [5.74, 6) is 1.94. The molecule has 0 saturated heterocycles. The molecule has 0 radical (unpaired) electrons. The maximum absolute atomic E-state index is 3.56. The molecule has 1 aliphatic rings. The normalized spacial score (nSPS) is 27.9. The molecule has 1 heteroatoms. The molecule has 0 aliphatic heterocycles. The lowest BCUT2D eigenvalue weighted by Crippen LogP contribution is -2.35.